The molecule has 1 aromatic heterocycles. The maximum absolute atomic E-state index is 5.42. The number of hydrogen-bond donors (Lipinski definition) is 0. The second-order valence-electron chi connectivity index (χ2n) is 5.34. The Morgan fingerprint density at radius 2 is 2.04 bits per heavy atom. The number of thiazole rings is 1. The number of methoxy groups -OCH3 is 1. The lowest BCUT2D eigenvalue weighted by molar-refractivity contribution is 0.414. The van der Waals surface area contributed by atoms with Crippen LogP contribution in [-0.4, -0.2) is 24.5 Å². The summed E-state index contributed by atoms with van der Waals surface area (Å²) < 4.78 is 8.24. The average Bonchev–Trinajstić information content (AvgIpc) is 3.08. The summed E-state index contributed by atoms with van der Waals surface area (Å²) in [6, 6.07) is 16.0. The zero-order chi connectivity index (χ0) is 18.4. The van der Waals surface area contributed by atoms with Gasteiger partial charge in [-0.15, -0.1) is 17.9 Å². The third-order valence-corrected chi connectivity index (χ3v) is 4.96. The van der Waals surface area contributed by atoms with E-state index in [9.17, 15) is 0 Å². The third-order valence-electron chi connectivity index (χ3n) is 3.61. The van der Waals surface area contributed by atoms with Crippen LogP contribution in [0.15, 0.2) is 81.1 Å². The summed E-state index contributed by atoms with van der Waals surface area (Å²) in [6.45, 7) is 4.28. The molecule has 3 rings (SSSR count). The topological polar surface area (TPSA) is 38.9 Å². The molecule has 3 aromatic rings. The van der Waals surface area contributed by atoms with Crippen molar-refractivity contribution in [2.45, 2.75) is 0 Å². The molecule has 0 bridgehead atoms. The highest BCUT2D eigenvalue weighted by atomic mass is 79.9. The first kappa shape index (κ1) is 18.4. The van der Waals surface area contributed by atoms with E-state index in [0.717, 1.165) is 31.8 Å². The van der Waals surface area contributed by atoms with Gasteiger partial charge in [0.25, 0.3) is 0 Å². The summed E-state index contributed by atoms with van der Waals surface area (Å²) in [4.78, 5) is 5.37. The molecule has 26 heavy (non-hydrogen) atoms. The Balaban J connectivity index is 2.10. The highest BCUT2D eigenvalue weighted by Crippen LogP contribution is 2.22. The predicted octanol–water partition coefficient (Wildman–Crippen LogP) is 4.96. The van der Waals surface area contributed by atoms with Crippen LogP contribution in [0.2, 0.25) is 0 Å². The Hall–Kier alpha value is -2.44. The Kier molecular flexibility index (Phi) is 6.20. The first-order valence-corrected chi connectivity index (χ1v) is 9.65. The van der Waals surface area contributed by atoms with Crippen molar-refractivity contribution in [3.8, 4) is 17.0 Å². The fraction of sp³-hybridized carbons (Fsp3) is 0.100. The summed E-state index contributed by atoms with van der Waals surface area (Å²) in [5, 5.41) is 6.75. The molecular weight excluding hydrogens is 410 g/mol. The van der Waals surface area contributed by atoms with Crippen molar-refractivity contribution in [1.29, 1.82) is 0 Å². The van der Waals surface area contributed by atoms with Crippen LogP contribution in [0.25, 0.3) is 11.3 Å². The van der Waals surface area contributed by atoms with Crippen molar-refractivity contribution in [2.24, 2.45) is 10.1 Å². The van der Waals surface area contributed by atoms with Gasteiger partial charge in [-0.25, -0.2) is 4.68 Å². The number of benzene rings is 2. The van der Waals surface area contributed by atoms with Crippen LogP contribution >= 0.6 is 27.3 Å². The van der Waals surface area contributed by atoms with E-state index in [1.54, 1.807) is 30.7 Å². The first-order chi connectivity index (χ1) is 12.7. The maximum atomic E-state index is 5.42. The first-order valence-electron chi connectivity index (χ1n) is 7.98. The van der Waals surface area contributed by atoms with Gasteiger partial charge in [0.15, 0.2) is 0 Å². The Labute approximate surface area is 164 Å². The lowest BCUT2D eigenvalue weighted by Gasteiger charge is -2.06. The fourth-order valence-electron chi connectivity index (χ4n) is 2.40. The smallest absolute Gasteiger partial charge is 0.206 e. The van der Waals surface area contributed by atoms with Crippen LogP contribution in [-0.2, 0) is 0 Å². The van der Waals surface area contributed by atoms with Crippen molar-refractivity contribution in [2.75, 3.05) is 13.7 Å². The van der Waals surface area contributed by atoms with Crippen molar-refractivity contribution in [3.05, 3.63) is 81.4 Å². The summed E-state index contributed by atoms with van der Waals surface area (Å²) >= 11 is 5.05. The molecule has 0 spiro atoms. The number of rotatable bonds is 6. The number of hydrogen-bond acceptors (Lipinski definition) is 4. The fourth-order valence-corrected chi connectivity index (χ4v) is 3.62. The van der Waals surface area contributed by atoms with Crippen molar-refractivity contribution in [3.63, 3.8) is 0 Å². The highest BCUT2D eigenvalue weighted by Gasteiger charge is 2.07. The second kappa shape index (κ2) is 8.78. The molecular formula is C20H18BrN3OS. The molecule has 0 N–H and O–H groups in total. The minimum absolute atomic E-state index is 0.546. The minimum atomic E-state index is 0.546. The average molecular weight is 428 g/mol. The Bertz CT molecular complexity index is 990. The molecule has 0 saturated carbocycles. The molecule has 0 aliphatic rings. The third kappa shape index (κ3) is 4.20. The quantitative estimate of drug-likeness (QED) is 0.404. The zero-order valence-electron chi connectivity index (χ0n) is 14.3. The van der Waals surface area contributed by atoms with E-state index in [4.69, 9.17) is 4.74 Å². The van der Waals surface area contributed by atoms with Crippen LogP contribution in [0, 0.1) is 0 Å². The SMILES string of the molecule is C=CCN=c1scc(-c2ccccc2)n1N=Cc1cc(Br)ccc1OC. The molecule has 0 aliphatic heterocycles. The predicted molar refractivity (Wildman–Crippen MR) is 112 cm³/mol. The van der Waals surface area contributed by atoms with Gasteiger partial charge < -0.3 is 4.74 Å². The number of ether oxygens (including phenoxy) is 1. The van der Waals surface area contributed by atoms with Gasteiger partial charge in [0.2, 0.25) is 4.80 Å². The molecule has 4 nitrogen and oxygen atoms in total. The van der Waals surface area contributed by atoms with E-state index in [0.29, 0.717) is 6.54 Å². The van der Waals surface area contributed by atoms with E-state index in [-0.39, 0.29) is 0 Å². The van der Waals surface area contributed by atoms with E-state index >= 15 is 0 Å². The van der Waals surface area contributed by atoms with Crippen LogP contribution < -0.4 is 9.54 Å². The van der Waals surface area contributed by atoms with Gasteiger partial charge in [0.05, 0.1) is 25.6 Å². The Morgan fingerprint density at radius 1 is 1.23 bits per heavy atom. The van der Waals surface area contributed by atoms with Gasteiger partial charge in [0.1, 0.15) is 5.75 Å². The summed E-state index contributed by atoms with van der Waals surface area (Å²) in [6.07, 6.45) is 3.56. The van der Waals surface area contributed by atoms with Crippen LogP contribution in [0.3, 0.4) is 0 Å². The molecule has 0 atom stereocenters. The lowest BCUT2D eigenvalue weighted by atomic mass is 10.2. The van der Waals surface area contributed by atoms with Gasteiger partial charge in [-0.2, -0.15) is 5.10 Å². The molecule has 1 heterocycles. The number of aromatic nitrogens is 1. The molecule has 0 amide bonds. The van der Waals surface area contributed by atoms with Crippen molar-refractivity contribution >= 4 is 33.5 Å². The Morgan fingerprint density at radius 3 is 2.77 bits per heavy atom. The summed E-state index contributed by atoms with van der Waals surface area (Å²) in [5.41, 5.74) is 2.96. The van der Waals surface area contributed by atoms with Gasteiger partial charge in [-0.1, -0.05) is 52.3 Å². The monoisotopic (exact) mass is 427 g/mol. The van der Waals surface area contributed by atoms with E-state index in [1.807, 2.05) is 41.1 Å². The van der Waals surface area contributed by atoms with E-state index in [1.165, 1.54) is 0 Å². The van der Waals surface area contributed by atoms with Gasteiger partial charge in [0, 0.05) is 21.0 Å². The largest absolute Gasteiger partial charge is 0.496 e. The second-order valence-corrected chi connectivity index (χ2v) is 7.09. The minimum Gasteiger partial charge on any atom is -0.496 e. The number of nitrogens with zero attached hydrogens (tertiary/aromatic N) is 3. The zero-order valence-corrected chi connectivity index (χ0v) is 16.7. The molecule has 0 fully saturated rings. The van der Waals surface area contributed by atoms with Crippen LogP contribution in [0.1, 0.15) is 5.56 Å². The van der Waals surface area contributed by atoms with Crippen LogP contribution in [0.5, 0.6) is 5.75 Å². The summed E-state index contributed by atoms with van der Waals surface area (Å²) in [7, 11) is 1.65. The normalized spacial score (nSPS) is 11.8. The lowest BCUT2D eigenvalue weighted by Crippen LogP contribution is -2.12. The maximum Gasteiger partial charge on any atom is 0.206 e. The van der Waals surface area contributed by atoms with Gasteiger partial charge in [-0.3, -0.25) is 4.99 Å². The van der Waals surface area contributed by atoms with Gasteiger partial charge >= 0.3 is 0 Å². The molecule has 0 radical (unpaired) electrons. The molecule has 0 aliphatic carbocycles. The highest BCUT2D eigenvalue weighted by molar-refractivity contribution is 9.10. The molecule has 0 unspecified atom stereocenters. The van der Waals surface area contributed by atoms with E-state index < -0.39 is 0 Å². The molecule has 2 aromatic carbocycles. The standard InChI is InChI=1S/C20H18BrN3OS/c1-3-11-22-20-24(18(14-26-20)15-7-5-4-6-8-15)23-13-16-12-17(21)9-10-19(16)25-2/h3-10,12-14H,1,11H2,2H3. The number of halogens is 1. The molecule has 132 valence electrons. The van der Waals surface area contributed by atoms with Crippen molar-refractivity contribution in [1.82, 2.24) is 4.68 Å². The van der Waals surface area contributed by atoms with Gasteiger partial charge in [-0.05, 0) is 18.2 Å². The van der Waals surface area contributed by atoms with E-state index in [2.05, 4.69) is 50.1 Å². The molecule has 6 heteroatoms. The molecule has 0 saturated heterocycles. The van der Waals surface area contributed by atoms with Crippen LogP contribution in [0.4, 0.5) is 0 Å². The van der Waals surface area contributed by atoms with Crippen molar-refractivity contribution < 1.29 is 4.74 Å². The summed E-state index contributed by atoms with van der Waals surface area (Å²) in [5.74, 6) is 0.763.